The quantitative estimate of drug-likeness (QED) is 0.840. The fraction of sp³-hybridized carbons (Fsp3) is 0.750. The lowest BCUT2D eigenvalue weighted by Crippen LogP contribution is -2.42. The zero-order chi connectivity index (χ0) is 11.4. The van der Waals surface area contributed by atoms with Crippen LogP contribution in [-0.4, -0.2) is 29.0 Å². The Morgan fingerprint density at radius 3 is 3.00 bits per heavy atom. The topological polar surface area (TPSA) is 39.1 Å². The smallest absolute Gasteiger partial charge is 0.0724 e. The second kappa shape index (κ2) is 5.46. The minimum atomic E-state index is 0.380. The molecule has 4 heteroatoms. The summed E-state index contributed by atoms with van der Waals surface area (Å²) < 4.78 is 7.35. The van der Waals surface area contributed by atoms with E-state index in [9.17, 15) is 0 Å². The predicted molar refractivity (Wildman–Crippen MR) is 63.1 cm³/mol. The first kappa shape index (κ1) is 11.6. The van der Waals surface area contributed by atoms with Gasteiger partial charge in [-0.15, -0.1) is 0 Å². The van der Waals surface area contributed by atoms with Gasteiger partial charge in [0.15, 0.2) is 0 Å². The van der Waals surface area contributed by atoms with Gasteiger partial charge in [-0.25, -0.2) is 0 Å². The summed E-state index contributed by atoms with van der Waals surface area (Å²) in [7, 11) is 3.76. The maximum absolute atomic E-state index is 5.51. The molecule has 0 aliphatic heterocycles. The highest BCUT2D eigenvalue weighted by Gasteiger charge is 2.24. The molecule has 1 fully saturated rings. The van der Waals surface area contributed by atoms with Crippen molar-refractivity contribution < 1.29 is 4.74 Å². The van der Waals surface area contributed by atoms with E-state index < -0.39 is 0 Å². The first-order chi connectivity index (χ1) is 7.79. The predicted octanol–water partition coefficient (Wildman–Crippen LogP) is 1.47. The van der Waals surface area contributed by atoms with Crippen LogP contribution in [0.2, 0.25) is 0 Å². The number of hydrogen-bond acceptors (Lipinski definition) is 3. The van der Waals surface area contributed by atoms with Crippen LogP contribution in [0.5, 0.6) is 0 Å². The second-order valence-corrected chi connectivity index (χ2v) is 4.57. The van der Waals surface area contributed by atoms with Crippen molar-refractivity contribution in [3.63, 3.8) is 0 Å². The fourth-order valence-corrected chi connectivity index (χ4v) is 2.42. The van der Waals surface area contributed by atoms with Crippen LogP contribution in [0.1, 0.15) is 31.2 Å². The van der Waals surface area contributed by atoms with Gasteiger partial charge in [0.1, 0.15) is 0 Å². The van der Waals surface area contributed by atoms with Crippen LogP contribution in [0.3, 0.4) is 0 Å². The molecule has 0 amide bonds. The number of rotatable bonds is 4. The number of methoxy groups -OCH3 is 1. The van der Waals surface area contributed by atoms with Gasteiger partial charge in [0.05, 0.1) is 12.3 Å². The molecular weight excluding hydrogens is 202 g/mol. The first-order valence-corrected chi connectivity index (χ1v) is 6.03. The van der Waals surface area contributed by atoms with Crippen molar-refractivity contribution in [2.75, 3.05) is 7.11 Å². The SMILES string of the molecule is COC1CCCCC1NCc1cnn(C)c1. The minimum absolute atomic E-state index is 0.380. The molecule has 1 N–H and O–H groups in total. The molecule has 2 rings (SSSR count). The Labute approximate surface area is 97.0 Å². The molecule has 1 aromatic heterocycles. The summed E-state index contributed by atoms with van der Waals surface area (Å²) >= 11 is 0. The number of nitrogens with one attached hydrogen (secondary N) is 1. The summed E-state index contributed by atoms with van der Waals surface area (Å²) in [5.74, 6) is 0. The van der Waals surface area contributed by atoms with E-state index in [1.54, 1.807) is 0 Å². The molecule has 1 aromatic rings. The second-order valence-electron chi connectivity index (χ2n) is 4.57. The summed E-state index contributed by atoms with van der Waals surface area (Å²) in [6.07, 6.45) is 9.36. The zero-order valence-corrected chi connectivity index (χ0v) is 10.1. The molecule has 90 valence electrons. The van der Waals surface area contributed by atoms with E-state index in [1.807, 2.05) is 25.0 Å². The maximum Gasteiger partial charge on any atom is 0.0724 e. The standard InChI is InChI=1S/C12H21N3O/c1-15-9-10(8-14-15)7-13-11-5-3-4-6-12(11)16-2/h8-9,11-13H,3-7H2,1-2H3. The summed E-state index contributed by atoms with van der Waals surface area (Å²) in [5, 5.41) is 7.74. The largest absolute Gasteiger partial charge is 0.380 e. The van der Waals surface area contributed by atoms with Crippen molar-refractivity contribution in [1.29, 1.82) is 0 Å². The Morgan fingerprint density at radius 2 is 2.31 bits per heavy atom. The van der Waals surface area contributed by atoms with E-state index in [0.717, 1.165) is 6.54 Å². The molecule has 1 saturated carbocycles. The molecule has 1 aliphatic rings. The Balaban J connectivity index is 1.84. The zero-order valence-electron chi connectivity index (χ0n) is 10.1. The van der Waals surface area contributed by atoms with E-state index in [2.05, 4.69) is 16.6 Å². The highest BCUT2D eigenvalue weighted by Crippen LogP contribution is 2.20. The molecule has 4 nitrogen and oxygen atoms in total. The van der Waals surface area contributed by atoms with Crippen molar-refractivity contribution >= 4 is 0 Å². The average Bonchev–Trinajstić information content (AvgIpc) is 2.73. The lowest BCUT2D eigenvalue weighted by atomic mass is 9.92. The van der Waals surface area contributed by atoms with Crippen LogP contribution < -0.4 is 5.32 Å². The Hall–Kier alpha value is -0.870. The summed E-state index contributed by atoms with van der Waals surface area (Å²) in [6.45, 7) is 0.887. The van der Waals surface area contributed by atoms with Gasteiger partial charge in [0.25, 0.3) is 0 Å². The monoisotopic (exact) mass is 223 g/mol. The van der Waals surface area contributed by atoms with Gasteiger partial charge in [0.2, 0.25) is 0 Å². The third kappa shape index (κ3) is 2.83. The van der Waals surface area contributed by atoms with Gasteiger partial charge in [-0.3, -0.25) is 4.68 Å². The summed E-state index contributed by atoms with van der Waals surface area (Å²) in [6, 6.07) is 0.499. The molecular formula is C12H21N3O. The van der Waals surface area contributed by atoms with Gasteiger partial charge in [-0.05, 0) is 12.8 Å². The molecule has 0 saturated heterocycles. The summed E-state index contributed by atoms with van der Waals surface area (Å²) in [5.41, 5.74) is 1.24. The van der Waals surface area contributed by atoms with Crippen molar-refractivity contribution in [2.45, 2.75) is 44.4 Å². The number of nitrogens with zero attached hydrogens (tertiary/aromatic N) is 2. The molecule has 1 aliphatic carbocycles. The highest BCUT2D eigenvalue weighted by molar-refractivity contribution is 5.03. The Bertz CT molecular complexity index is 324. The Kier molecular flexibility index (Phi) is 3.96. The van der Waals surface area contributed by atoms with Gasteiger partial charge < -0.3 is 10.1 Å². The van der Waals surface area contributed by atoms with Crippen molar-refractivity contribution in [1.82, 2.24) is 15.1 Å². The van der Waals surface area contributed by atoms with Crippen LogP contribution in [-0.2, 0) is 18.3 Å². The van der Waals surface area contributed by atoms with Crippen LogP contribution in [0.15, 0.2) is 12.4 Å². The fourth-order valence-electron chi connectivity index (χ4n) is 2.42. The van der Waals surface area contributed by atoms with Gasteiger partial charge in [-0.2, -0.15) is 5.10 Å². The Morgan fingerprint density at radius 1 is 1.50 bits per heavy atom. The van der Waals surface area contributed by atoms with Gasteiger partial charge in [-0.1, -0.05) is 12.8 Å². The summed E-state index contributed by atoms with van der Waals surface area (Å²) in [4.78, 5) is 0. The van der Waals surface area contributed by atoms with Gasteiger partial charge >= 0.3 is 0 Å². The van der Waals surface area contributed by atoms with E-state index >= 15 is 0 Å². The van der Waals surface area contributed by atoms with Crippen molar-refractivity contribution in [3.05, 3.63) is 18.0 Å². The molecule has 0 radical (unpaired) electrons. The molecule has 2 unspecified atom stereocenters. The third-order valence-electron chi connectivity index (χ3n) is 3.33. The third-order valence-corrected chi connectivity index (χ3v) is 3.33. The number of aromatic nitrogens is 2. The lowest BCUT2D eigenvalue weighted by Gasteiger charge is -2.31. The molecule has 0 aromatic carbocycles. The lowest BCUT2D eigenvalue weighted by molar-refractivity contribution is 0.0413. The average molecular weight is 223 g/mol. The minimum Gasteiger partial charge on any atom is -0.380 e. The number of aryl methyl sites for hydroxylation is 1. The van der Waals surface area contributed by atoms with Crippen molar-refractivity contribution in [2.24, 2.45) is 7.05 Å². The molecule has 0 spiro atoms. The highest BCUT2D eigenvalue weighted by atomic mass is 16.5. The normalized spacial score (nSPS) is 25.9. The van der Waals surface area contributed by atoms with Crippen molar-refractivity contribution in [3.8, 4) is 0 Å². The molecule has 2 atom stereocenters. The van der Waals surface area contributed by atoms with E-state index in [0.29, 0.717) is 12.1 Å². The first-order valence-electron chi connectivity index (χ1n) is 6.03. The van der Waals surface area contributed by atoms with Crippen LogP contribution >= 0.6 is 0 Å². The number of hydrogen-bond donors (Lipinski definition) is 1. The van der Waals surface area contributed by atoms with Crippen LogP contribution in [0.4, 0.5) is 0 Å². The molecule has 0 bridgehead atoms. The van der Waals surface area contributed by atoms with Gasteiger partial charge in [0, 0.05) is 38.5 Å². The molecule has 16 heavy (non-hydrogen) atoms. The maximum atomic E-state index is 5.51. The van der Waals surface area contributed by atoms with E-state index in [-0.39, 0.29) is 0 Å². The van der Waals surface area contributed by atoms with E-state index in [4.69, 9.17) is 4.74 Å². The van der Waals surface area contributed by atoms with Crippen LogP contribution in [0, 0.1) is 0 Å². The van der Waals surface area contributed by atoms with E-state index in [1.165, 1.54) is 31.2 Å². The van der Waals surface area contributed by atoms with Crippen LogP contribution in [0.25, 0.3) is 0 Å². The number of ether oxygens (including phenoxy) is 1. The molecule has 1 heterocycles.